The first-order valence-corrected chi connectivity index (χ1v) is 12.1. The molecule has 0 unspecified atom stereocenters. The van der Waals surface area contributed by atoms with Crippen LogP contribution in [0.4, 0.5) is 15.8 Å². The van der Waals surface area contributed by atoms with E-state index in [4.69, 9.17) is 0 Å². The smallest absolute Gasteiger partial charge is 0.261 e. The van der Waals surface area contributed by atoms with Gasteiger partial charge < -0.3 is 9.72 Å². The van der Waals surface area contributed by atoms with Crippen molar-refractivity contribution in [1.82, 2.24) is 9.38 Å². The van der Waals surface area contributed by atoms with Crippen LogP contribution in [0, 0.1) is 5.82 Å². The highest BCUT2D eigenvalue weighted by Crippen LogP contribution is 2.22. The molecule has 0 aliphatic carbocycles. The first-order chi connectivity index (χ1) is 16.9. The Morgan fingerprint density at radius 2 is 1.57 bits per heavy atom. The quantitative estimate of drug-likeness (QED) is 0.345. The zero-order valence-electron chi connectivity index (χ0n) is 18.2. The van der Waals surface area contributed by atoms with E-state index in [-0.39, 0.29) is 16.1 Å². The van der Waals surface area contributed by atoms with E-state index < -0.39 is 21.7 Å². The minimum Gasteiger partial charge on any atom is -0.322 e. The summed E-state index contributed by atoms with van der Waals surface area (Å²) in [7, 11) is -4.01. The molecule has 2 aromatic heterocycles. The molecule has 0 bridgehead atoms. The number of sulfonamides is 1. The zero-order valence-corrected chi connectivity index (χ0v) is 19.0. The number of benzene rings is 3. The molecule has 9 heteroatoms. The van der Waals surface area contributed by atoms with Gasteiger partial charge in [0.25, 0.3) is 15.9 Å². The lowest BCUT2D eigenvalue weighted by Crippen LogP contribution is -2.15. The maximum absolute atomic E-state index is 13.8. The number of pyridine rings is 1. The Morgan fingerprint density at radius 3 is 2.29 bits per heavy atom. The number of nitrogens with one attached hydrogen (secondary N) is 2. The summed E-state index contributed by atoms with van der Waals surface area (Å²) in [6.45, 7) is 0. The number of fused-ring (bicyclic) bond motifs is 1. The molecule has 5 aromatic rings. The maximum atomic E-state index is 13.8. The van der Waals surface area contributed by atoms with Gasteiger partial charge >= 0.3 is 0 Å². The van der Waals surface area contributed by atoms with Crippen LogP contribution in [-0.2, 0) is 10.0 Å². The van der Waals surface area contributed by atoms with Crippen molar-refractivity contribution in [2.24, 2.45) is 0 Å². The topological polar surface area (TPSA) is 92.6 Å². The molecule has 0 saturated carbocycles. The molecular formula is C26H19FN4O3S. The highest BCUT2D eigenvalue weighted by Gasteiger charge is 2.17. The Hall–Kier alpha value is -4.50. The molecule has 1 amide bonds. The van der Waals surface area contributed by atoms with E-state index in [1.807, 2.05) is 47.1 Å². The highest BCUT2D eigenvalue weighted by molar-refractivity contribution is 7.92. The molecule has 174 valence electrons. The van der Waals surface area contributed by atoms with Crippen LogP contribution in [0.15, 0.2) is 108 Å². The molecule has 7 nitrogen and oxygen atoms in total. The monoisotopic (exact) mass is 486 g/mol. The van der Waals surface area contributed by atoms with Crippen molar-refractivity contribution in [2.75, 3.05) is 10.0 Å². The Kier molecular flexibility index (Phi) is 5.76. The van der Waals surface area contributed by atoms with Gasteiger partial charge in [-0.3, -0.25) is 9.52 Å². The average molecular weight is 487 g/mol. The normalized spacial score (nSPS) is 11.3. The molecule has 3 aromatic carbocycles. The summed E-state index contributed by atoms with van der Waals surface area (Å²) in [5.41, 5.74) is 3.27. The van der Waals surface area contributed by atoms with E-state index in [0.29, 0.717) is 5.69 Å². The van der Waals surface area contributed by atoms with Crippen molar-refractivity contribution in [3.8, 4) is 11.3 Å². The average Bonchev–Trinajstić information content (AvgIpc) is 3.30. The first kappa shape index (κ1) is 22.3. The van der Waals surface area contributed by atoms with Crippen LogP contribution in [0.2, 0.25) is 0 Å². The number of aromatic nitrogens is 2. The van der Waals surface area contributed by atoms with Gasteiger partial charge in [0.05, 0.1) is 16.3 Å². The highest BCUT2D eigenvalue weighted by atomic mass is 32.2. The van der Waals surface area contributed by atoms with E-state index >= 15 is 0 Å². The van der Waals surface area contributed by atoms with Crippen molar-refractivity contribution in [3.05, 3.63) is 115 Å². The standard InChI is InChI=1S/C26H19FN4O3S/c27-22-5-1-2-6-23(22)30-35(33,34)21-14-10-19(11-15-21)26(32)28-20-12-8-18(9-13-20)24-17-31-16-4-3-7-25(31)29-24/h1-17,30H,(H,28,32). The molecule has 0 aliphatic heterocycles. The van der Waals surface area contributed by atoms with Crippen molar-refractivity contribution in [3.63, 3.8) is 0 Å². The molecular weight excluding hydrogens is 467 g/mol. The van der Waals surface area contributed by atoms with Crippen molar-refractivity contribution < 1.29 is 17.6 Å². The Balaban J connectivity index is 1.27. The lowest BCUT2D eigenvalue weighted by atomic mass is 10.1. The van der Waals surface area contributed by atoms with E-state index in [1.54, 1.807) is 12.1 Å². The largest absolute Gasteiger partial charge is 0.322 e. The van der Waals surface area contributed by atoms with Crippen molar-refractivity contribution in [2.45, 2.75) is 4.90 Å². The molecule has 2 N–H and O–H groups in total. The molecule has 35 heavy (non-hydrogen) atoms. The summed E-state index contributed by atoms with van der Waals surface area (Å²) >= 11 is 0. The fraction of sp³-hybridized carbons (Fsp3) is 0. The number of imidazole rings is 1. The molecule has 2 heterocycles. The minimum atomic E-state index is -4.01. The molecule has 0 fully saturated rings. The van der Waals surface area contributed by atoms with E-state index in [0.717, 1.165) is 23.0 Å². The van der Waals surface area contributed by atoms with Crippen LogP contribution in [-0.4, -0.2) is 23.7 Å². The number of nitrogens with zero attached hydrogens (tertiary/aromatic N) is 2. The van der Waals surface area contributed by atoms with Crippen LogP contribution in [0.5, 0.6) is 0 Å². The number of carbonyl (C=O) groups is 1. The molecule has 0 aliphatic rings. The molecule has 5 rings (SSSR count). The van der Waals surface area contributed by atoms with Gasteiger partial charge in [-0.25, -0.2) is 17.8 Å². The van der Waals surface area contributed by atoms with Crippen LogP contribution in [0.25, 0.3) is 16.9 Å². The number of amides is 1. The number of hydrogen-bond donors (Lipinski definition) is 2. The van der Waals surface area contributed by atoms with Gasteiger partial charge in [-0.15, -0.1) is 0 Å². The molecule has 0 atom stereocenters. The van der Waals surface area contributed by atoms with Crippen molar-refractivity contribution in [1.29, 1.82) is 0 Å². The van der Waals surface area contributed by atoms with Gasteiger partial charge in [0.2, 0.25) is 0 Å². The zero-order chi connectivity index (χ0) is 24.4. The maximum Gasteiger partial charge on any atom is 0.261 e. The van der Waals surface area contributed by atoms with Crippen LogP contribution in [0.3, 0.4) is 0 Å². The predicted molar refractivity (Wildman–Crippen MR) is 132 cm³/mol. The summed E-state index contributed by atoms with van der Waals surface area (Å²) in [4.78, 5) is 17.1. The molecule has 0 radical (unpaired) electrons. The van der Waals surface area contributed by atoms with Crippen LogP contribution >= 0.6 is 0 Å². The fourth-order valence-corrected chi connectivity index (χ4v) is 4.60. The number of rotatable bonds is 6. The van der Waals surface area contributed by atoms with Gasteiger partial charge in [0.1, 0.15) is 11.5 Å². The van der Waals surface area contributed by atoms with Gasteiger partial charge in [0, 0.05) is 29.2 Å². The van der Waals surface area contributed by atoms with Crippen LogP contribution in [0.1, 0.15) is 10.4 Å². The Morgan fingerprint density at radius 1 is 0.857 bits per heavy atom. The Labute approximate surface area is 200 Å². The van der Waals surface area contributed by atoms with Gasteiger partial charge in [-0.05, 0) is 60.7 Å². The number of para-hydroxylation sites is 1. The van der Waals surface area contributed by atoms with E-state index in [1.165, 1.54) is 42.5 Å². The van der Waals surface area contributed by atoms with Gasteiger partial charge in [-0.2, -0.15) is 0 Å². The van der Waals surface area contributed by atoms with Gasteiger partial charge in [-0.1, -0.05) is 30.3 Å². The number of anilines is 2. The third-order valence-corrected chi connectivity index (χ3v) is 6.73. The summed E-state index contributed by atoms with van der Waals surface area (Å²) < 4.78 is 43.0. The SMILES string of the molecule is O=C(Nc1ccc(-c2cn3ccccc3n2)cc1)c1ccc(S(=O)(=O)Nc2ccccc2F)cc1. The lowest BCUT2D eigenvalue weighted by molar-refractivity contribution is 0.102. The Bertz CT molecular complexity index is 1600. The van der Waals surface area contributed by atoms with Crippen LogP contribution < -0.4 is 10.0 Å². The third kappa shape index (κ3) is 4.75. The number of hydrogen-bond acceptors (Lipinski definition) is 4. The minimum absolute atomic E-state index is 0.0888. The predicted octanol–water partition coefficient (Wildman–Crippen LogP) is 5.19. The second kappa shape index (κ2) is 9.03. The second-order valence-electron chi connectivity index (χ2n) is 7.73. The third-order valence-electron chi connectivity index (χ3n) is 5.35. The second-order valence-corrected chi connectivity index (χ2v) is 9.42. The molecule has 0 spiro atoms. The van der Waals surface area contributed by atoms with E-state index in [9.17, 15) is 17.6 Å². The summed E-state index contributed by atoms with van der Waals surface area (Å²) in [6.07, 6.45) is 3.85. The summed E-state index contributed by atoms with van der Waals surface area (Å²) in [5, 5.41) is 2.79. The summed E-state index contributed by atoms with van der Waals surface area (Å²) in [5.74, 6) is -1.07. The number of carbonyl (C=O) groups excluding carboxylic acids is 1. The van der Waals surface area contributed by atoms with E-state index in [2.05, 4.69) is 15.0 Å². The first-order valence-electron chi connectivity index (χ1n) is 10.6. The molecule has 0 saturated heterocycles. The summed E-state index contributed by atoms with van der Waals surface area (Å²) in [6, 6.07) is 23.9. The number of halogens is 1. The van der Waals surface area contributed by atoms with Crippen molar-refractivity contribution >= 4 is 33.0 Å². The fourth-order valence-electron chi connectivity index (χ4n) is 3.53. The van der Waals surface area contributed by atoms with Gasteiger partial charge in [0.15, 0.2) is 0 Å². The lowest BCUT2D eigenvalue weighted by Gasteiger charge is -2.10.